The zero-order valence-electron chi connectivity index (χ0n) is 15.9. The van der Waals surface area contributed by atoms with Crippen LogP contribution in [0.25, 0.3) is 0 Å². The number of rotatable bonds is 5. The molecule has 150 valence electrons. The number of hydrogen-bond donors (Lipinski definition) is 2. The largest absolute Gasteiger partial charge is 0.373 e. The van der Waals surface area contributed by atoms with Crippen LogP contribution in [0.15, 0.2) is 0 Å². The Hall–Kier alpha value is -1.80. The molecule has 1 aliphatic rings. The van der Waals surface area contributed by atoms with Gasteiger partial charge in [-0.15, -0.1) is 0 Å². The monoisotopic (exact) mass is 380 g/mol. The van der Waals surface area contributed by atoms with E-state index in [4.69, 9.17) is 0 Å². The summed E-state index contributed by atoms with van der Waals surface area (Å²) in [4.78, 5) is 9.26. The molecule has 1 atom stereocenters. The maximum absolute atomic E-state index is 13.4. The number of aromatic nitrogens is 2. The number of nitrogens with zero attached hydrogens (tertiary/aromatic N) is 2. The second-order valence-corrected chi connectivity index (χ2v) is 7.40. The summed E-state index contributed by atoms with van der Waals surface area (Å²) in [6, 6.07) is 0. The smallest absolute Gasteiger partial charge is 0.255 e. The third-order valence-electron chi connectivity index (χ3n) is 4.18. The zero-order valence-corrected chi connectivity index (χ0v) is 15.9. The van der Waals surface area contributed by atoms with Crippen LogP contribution in [0.3, 0.4) is 0 Å². The van der Waals surface area contributed by atoms with E-state index >= 15 is 0 Å². The van der Waals surface area contributed by atoms with E-state index < -0.39 is 18.9 Å². The summed E-state index contributed by atoms with van der Waals surface area (Å²) < 4.78 is 50.7. The summed E-state index contributed by atoms with van der Waals surface area (Å²) in [5.74, 6) is -1.72. The van der Waals surface area contributed by atoms with Crippen LogP contribution in [0, 0.1) is 6.92 Å². The normalized spacial score (nSPS) is 19.1. The van der Waals surface area contributed by atoms with Gasteiger partial charge in [-0.1, -0.05) is 0 Å². The molecule has 5 nitrogen and oxygen atoms in total. The summed E-state index contributed by atoms with van der Waals surface area (Å²) in [7, 11) is 1.85. The van der Waals surface area contributed by atoms with E-state index in [9.17, 15) is 22.4 Å². The van der Waals surface area contributed by atoms with Gasteiger partial charge in [0.1, 0.15) is 5.82 Å². The molecule has 0 aliphatic heterocycles. The van der Waals surface area contributed by atoms with Crippen LogP contribution in [0.1, 0.15) is 57.2 Å². The highest BCUT2D eigenvalue weighted by atomic mass is 19.3. The van der Waals surface area contributed by atoms with Crippen molar-refractivity contribution in [3.8, 4) is 0 Å². The molecular formula is C17H28F4N4O. The Bertz CT molecular complexity index is 596. The molecule has 1 saturated carbocycles. The number of alkyl halides is 4. The Labute approximate surface area is 151 Å². The lowest BCUT2D eigenvalue weighted by Gasteiger charge is -2.22. The first kappa shape index (κ1) is 22.2. The van der Waals surface area contributed by atoms with Crippen LogP contribution in [0.2, 0.25) is 0 Å². The molecule has 0 saturated heterocycles. The molecule has 2 N–H and O–H groups in total. The van der Waals surface area contributed by atoms with Crippen LogP contribution >= 0.6 is 0 Å². The Morgan fingerprint density at radius 2 is 2.00 bits per heavy atom. The fourth-order valence-electron chi connectivity index (χ4n) is 3.00. The van der Waals surface area contributed by atoms with Crippen molar-refractivity contribution in [2.45, 2.75) is 70.8 Å². The lowest BCUT2D eigenvalue weighted by atomic mass is 10.0. The molecule has 1 aromatic heterocycles. The van der Waals surface area contributed by atoms with Crippen LogP contribution in [0.5, 0.6) is 0 Å². The van der Waals surface area contributed by atoms with Crippen molar-refractivity contribution < 1.29 is 22.4 Å². The molecular weight excluding hydrogens is 352 g/mol. The summed E-state index contributed by atoms with van der Waals surface area (Å²) in [5, 5.41) is 9.59. The van der Waals surface area contributed by atoms with Crippen LogP contribution < -0.4 is 10.6 Å². The van der Waals surface area contributed by atoms with E-state index in [1.54, 1.807) is 0 Å². The Balaban J connectivity index is 0.000000412. The molecule has 1 fully saturated rings. The number of carbonyl (C=O) groups is 1. The molecule has 0 bridgehead atoms. The average Bonchev–Trinajstić information content (AvgIpc) is 3.04. The van der Waals surface area contributed by atoms with Crippen molar-refractivity contribution in [3.63, 3.8) is 0 Å². The molecule has 1 amide bonds. The molecule has 26 heavy (non-hydrogen) atoms. The molecule has 9 heteroatoms. The summed E-state index contributed by atoms with van der Waals surface area (Å²) >= 11 is 0. The van der Waals surface area contributed by atoms with Crippen molar-refractivity contribution in [2.24, 2.45) is 0 Å². The number of halogens is 4. The SMILES string of the molecule is CNc1c(C)c(C2CCC(F)(F)C2)nn1C(C)(C)C.O=CNCC(F)F. The van der Waals surface area contributed by atoms with Gasteiger partial charge in [0, 0.05) is 31.4 Å². The second-order valence-electron chi connectivity index (χ2n) is 7.40. The van der Waals surface area contributed by atoms with Crippen molar-refractivity contribution in [1.29, 1.82) is 0 Å². The Morgan fingerprint density at radius 3 is 2.31 bits per heavy atom. The first-order valence-corrected chi connectivity index (χ1v) is 8.53. The molecule has 1 heterocycles. The van der Waals surface area contributed by atoms with Crippen LogP contribution in [0.4, 0.5) is 23.4 Å². The first-order valence-electron chi connectivity index (χ1n) is 8.53. The number of carbonyl (C=O) groups excluding carboxylic acids is 1. The Morgan fingerprint density at radius 1 is 1.38 bits per heavy atom. The minimum atomic E-state index is -2.53. The molecule has 1 aromatic rings. The van der Waals surface area contributed by atoms with Gasteiger partial charge in [-0.25, -0.2) is 22.2 Å². The van der Waals surface area contributed by atoms with Gasteiger partial charge < -0.3 is 10.6 Å². The molecule has 0 radical (unpaired) electrons. The summed E-state index contributed by atoms with van der Waals surface area (Å²) in [5.41, 5.74) is 1.67. The standard InChI is InChI=1S/C14H23F2N3.C3H5F2NO/c1-9-11(10-6-7-14(15,16)8-10)18-19(12(9)17-5)13(2,3)4;4-3(5)1-6-2-7/h10,17H,6-8H2,1-5H3;2-3H,1H2,(H,6,7). The van der Waals surface area contributed by atoms with Crippen molar-refractivity contribution in [3.05, 3.63) is 11.3 Å². The van der Waals surface area contributed by atoms with Gasteiger partial charge in [0.05, 0.1) is 17.8 Å². The highest BCUT2D eigenvalue weighted by Gasteiger charge is 2.42. The van der Waals surface area contributed by atoms with E-state index in [0.29, 0.717) is 6.42 Å². The van der Waals surface area contributed by atoms with Crippen molar-refractivity contribution >= 4 is 12.2 Å². The Kier molecular flexibility index (Phi) is 7.46. The predicted octanol–water partition coefficient (Wildman–Crippen LogP) is 3.89. The first-order chi connectivity index (χ1) is 11.9. The number of nitrogens with one attached hydrogen (secondary N) is 2. The quantitative estimate of drug-likeness (QED) is 0.602. The number of amides is 1. The van der Waals surface area contributed by atoms with Gasteiger partial charge in [0.2, 0.25) is 12.3 Å². The van der Waals surface area contributed by atoms with Crippen molar-refractivity contribution in [1.82, 2.24) is 15.1 Å². The van der Waals surface area contributed by atoms with Gasteiger partial charge in [-0.3, -0.25) is 4.79 Å². The molecule has 0 aromatic carbocycles. The van der Waals surface area contributed by atoms with Gasteiger partial charge >= 0.3 is 0 Å². The third kappa shape index (κ3) is 5.88. The fraction of sp³-hybridized carbons (Fsp3) is 0.765. The van der Waals surface area contributed by atoms with E-state index in [0.717, 1.165) is 17.1 Å². The maximum atomic E-state index is 13.4. The highest BCUT2D eigenvalue weighted by molar-refractivity contribution is 5.48. The summed E-state index contributed by atoms with van der Waals surface area (Å²) in [6.45, 7) is 7.60. The predicted molar refractivity (Wildman–Crippen MR) is 93.1 cm³/mol. The second kappa shape index (κ2) is 8.73. The topological polar surface area (TPSA) is 59.0 Å². The molecule has 1 aliphatic carbocycles. The lowest BCUT2D eigenvalue weighted by molar-refractivity contribution is -0.110. The van der Waals surface area contributed by atoms with E-state index in [-0.39, 0.29) is 30.7 Å². The zero-order chi connectivity index (χ0) is 20.1. The van der Waals surface area contributed by atoms with Gasteiger partial charge in [0.15, 0.2) is 0 Å². The number of anilines is 1. The lowest BCUT2D eigenvalue weighted by Crippen LogP contribution is -2.25. The van der Waals surface area contributed by atoms with Crippen LogP contribution in [-0.2, 0) is 10.3 Å². The van der Waals surface area contributed by atoms with Crippen molar-refractivity contribution in [2.75, 3.05) is 18.9 Å². The summed E-state index contributed by atoms with van der Waals surface area (Å²) in [6.07, 6.45) is -1.76. The average molecular weight is 380 g/mol. The number of hydrogen-bond acceptors (Lipinski definition) is 3. The van der Waals surface area contributed by atoms with Gasteiger partial charge in [-0.05, 0) is 34.1 Å². The minimum Gasteiger partial charge on any atom is -0.373 e. The third-order valence-corrected chi connectivity index (χ3v) is 4.18. The highest BCUT2D eigenvalue weighted by Crippen LogP contribution is 2.45. The molecule has 0 spiro atoms. The van der Waals surface area contributed by atoms with Gasteiger partial charge in [-0.2, -0.15) is 5.10 Å². The maximum Gasteiger partial charge on any atom is 0.255 e. The van der Waals surface area contributed by atoms with Gasteiger partial charge in [0.25, 0.3) is 6.43 Å². The van der Waals surface area contributed by atoms with E-state index in [2.05, 4.69) is 31.2 Å². The van der Waals surface area contributed by atoms with Crippen LogP contribution in [-0.4, -0.2) is 42.1 Å². The van der Waals surface area contributed by atoms with E-state index in [1.807, 2.05) is 24.0 Å². The van der Waals surface area contributed by atoms with E-state index in [1.165, 1.54) is 0 Å². The molecule has 2 rings (SSSR count). The molecule has 1 unspecified atom stereocenters. The fourth-order valence-corrected chi connectivity index (χ4v) is 3.00. The minimum absolute atomic E-state index is 0.0195.